The van der Waals surface area contributed by atoms with E-state index < -0.39 is 0 Å². The number of para-hydroxylation sites is 1. The molecule has 0 radical (unpaired) electrons. The summed E-state index contributed by atoms with van der Waals surface area (Å²) in [6.07, 6.45) is 0. The minimum Gasteiger partial charge on any atom is -0.455 e. The molecule has 0 heterocycles. The van der Waals surface area contributed by atoms with E-state index in [0.29, 0.717) is 22.1 Å². The lowest BCUT2D eigenvalue weighted by atomic mass is 10.1. The molecular formula is C14H9BrClNO. The van der Waals surface area contributed by atoms with Crippen LogP contribution in [0.3, 0.4) is 0 Å². The molecule has 0 saturated carbocycles. The van der Waals surface area contributed by atoms with Gasteiger partial charge in [-0.05, 0) is 52.7 Å². The lowest BCUT2D eigenvalue weighted by Gasteiger charge is -2.11. The Balaban J connectivity index is 2.43. The van der Waals surface area contributed by atoms with E-state index in [1.54, 1.807) is 24.3 Å². The predicted molar refractivity (Wildman–Crippen MR) is 75.1 cm³/mol. The molecule has 0 amide bonds. The van der Waals surface area contributed by atoms with Crippen molar-refractivity contribution in [3.05, 3.63) is 57.0 Å². The van der Waals surface area contributed by atoms with E-state index in [4.69, 9.17) is 21.6 Å². The molecular weight excluding hydrogens is 314 g/mol. The lowest BCUT2D eigenvalue weighted by molar-refractivity contribution is 0.474. The fourth-order valence-electron chi connectivity index (χ4n) is 1.54. The van der Waals surface area contributed by atoms with Gasteiger partial charge in [-0.15, -0.1) is 0 Å². The third-order valence-electron chi connectivity index (χ3n) is 2.44. The summed E-state index contributed by atoms with van der Waals surface area (Å²) in [6, 6.07) is 12.8. The summed E-state index contributed by atoms with van der Waals surface area (Å²) in [7, 11) is 0. The van der Waals surface area contributed by atoms with Crippen LogP contribution in [0.4, 0.5) is 0 Å². The molecule has 0 atom stereocenters. The number of aryl methyl sites for hydroxylation is 1. The molecule has 0 N–H and O–H groups in total. The van der Waals surface area contributed by atoms with Crippen molar-refractivity contribution in [3.8, 4) is 17.6 Å². The minimum atomic E-state index is 0.511. The van der Waals surface area contributed by atoms with Crippen LogP contribution in [-0.2, 0) is 0 Å². The van der Waals surface area contributed by atoms with Crippen LogP contribution < -0.4 is 4.74 Å². The van der Waals surface area contributed by atoms with Gasteiger partial charge in [-0.1, -0.05) is 23.7 Å². The van der Waals surface area contributed by atoms with E-state index in [2.05, 4.69) is 22.0 Å². The van der Waals surface area contributed by atoms with Crippen molar-refractivity contribution in [3.63, 3.8) is 0 Å². The van der Waals surface area contributed by atoms with E-state index in [1.165, 1.54) is 0 Å². The second-order valence-electron chi connectivity index (χ2n) is 3.74. The minimum absolute atomic E-state index is 0.511. The van der Waals surface area contributed by atoms with Gasteiger partial charge in [0.25, 0.3) is 0 Å². The Kier molecular flexibility index (Phi) is 3.90. The largest absolute Gasteiger partial charge is 0.455 e. The number of nitrogens with zero attached hydrogens (tertiary/aromatic N) is 1. The Morgan fingerprint density at radius 1 is 1.28 bits per heavy atom. The number of rotatable bonds is 2. The molecule has 0 fully saturated rings. The first-order valence-corrected chi connectivity index (χ1v) is 6.41. The Morgan fingerprint density at radius 3 is 2.72 bits per heavy atom. The molecule has 2 nitrogen and oxygen atoms in total. The SMILES string of the molecule is Cc1cccc(C#N)c1Oc1ccc(Cl)cc1Br. The van der Waals surface area contributed by atoms with Crippen LogP contribution in [0.15, 0.2) is 40.9 Å². The normalized spacial score (nSPS) is 9.89. The Morgan fingerprint density at radius 2 is 2.06 bits per heavy atom. The van der Waals surface area contributed by atoms with Crippen LogP contribution in [0.25, 0.3) is 0 Å². The second-order valence-corrected chi connectivity index (χ2v) is 5.03. The first-order valence-electron chi connectivity index (χ1n) is 5.24. The van der Waals surface area contributed by atoms with Gasteiger partial charge in [-0.25, -0.2) is 0 Å². The summed E-state index contributed by atoms with van der Waals surface area (Å²) >= 11 is 9.26. The maximum Gasteiger partial charge on any atom is 0.148 e. The van der Waals surface area contributed by atoms with Crippen molar-refractivity contribution in [1.82, 2.24) is 0 Å². The molecule has 0 aliphatic heterocycles. The zero-order valence-electron chi connectivity index (χ0n) is 9.58. The molecule has 0 bridgehead atoms. The van der Waals surface area contributed by atoms with Gasteiger partial charge in [-0.3, -0.25) is 0 Å². The van der Waals surface area contributed by atoms with E-state index in [9.17, 15) is 0 Å². The second kappa shape index (κ2) is 5.43. The molecule has 2 rings (SSSR count). The van der Waals surface area contributed by atoms with Crippen LogP contribution in [-0.4, -0.2) is 0 Å². The van der Waals surface area contributed by atoms with E-state index >= 15 is 0 Å². The van der Waals surface area contributed by atoms with Gasteiger partial charge in [0.1, 0.15) is 17.6 Å². The zero-order valence-corrected chi connectivity index (χ0v) is 11.9. The summed E-state index contributed by atoms with van der Waals surface area (Å²) < 4.78 is 6.54. The predicted octanol–water partition coefficient (Wildman–Crippen LogP) is 5.07. The van der Waals surface area contributed by atoms with Crippen molar-refractivity contribution >= 4 is 27.5 Å². The first-order chi connectivity index (χ1) is 8.61. The summed E-state index contributed by atoms with van der Waals surface area (Å²) in [5.74, 6) is 1.20. The van der Waals surface area contributed by atoms with Crippen LogP contribution >= 0.6 is 27.5 Å². The molecule has 90 valence electrons. The highest BCUT2D eigenvalue weighted by molar-refractivity contribution is 9.10. The fraction of sp³-hybridized carbons (Fsp3) is 0.0714. The van der Waals surface area contributed by atoms with Crippen LogP contribution in [0.5, 0.6) is 11.5 Å². The molecule has 0 saturated heterocycles. The average molecular weight is 323 g/mol. The van der Waals surface area contributed by atoms with Crippen LogP contribution in [0.1, 0.15) is 11.1 Å². The van der Waals surface area contributed by atoms with Gasteiger partial charge < -0.3 is 4.74 Å². The standard InChI is InChI=1S/C14H9BrClNO/c1-9-3-2-4-10(8-17)14(9)18-13-6-5-11(16)7-12(13)15/h2-7H,1H3. The molecule has 0 spiro atoms. The first kappa shape index (κ1) is 12.9. The number of ether oxygens (including phenoxy) is 1. The molecule has 2 aromatic carbocycles. The molecule has 4 heteroatoms. The van der Waals surface area contributed by atoms with Crippen molar-refractivity contribution in [2.45, 2.75) is 6.92 Å². The quantitative estimate of drug-likeness (QED) is 0.773. The van der Waals surface area contributed by atoms with Gasteiger partial charge in [0, 0.05) is 5.02 Å². The maximum atomic E-state index is 9.07. The van der Waals surface area contributed by atoms with Gasteiger partial charge in [0.2, 0.25) is 0 Å². The van der Waals surface area contributed by atoms with Crippen LogP contribution in [0, 0.1) is 18.3 Å². The number of hydrogen-bond donors (Lipinski definition) is 0. The topological polar surface area (TPSA) is 33.0 Å². The monoisotopic (exact) mass is 321 g/mol. The molecule has 2 aromatic rings. The molecule has 18 heavy (non-hydrogen) atoms. The van der Waals surface area contributed by atoms with Crippen molar-refractivity contribution < 1.29 is 4.74 Å². The van der Waals surface area contributed by atoms with Crippen molar-refractivity contribution in [1.29, 1.82) is 5.26 Å². The zero-order chi connectivity index (χ0) is 13.1. The van der Waals surface area contributed by atoms with E-state index in [-0.39, 0.29) is 0 Å². The number of hydrogen-bond acceptors (Lipinski definition) is 2. The lowest BCUT2D eigenvalue weighted by Crippen LogP contribution is -1.92. The summed E-state index contributed by atoms with van der Waals surface area (Å²) in [5.41, 5.74) is 1.42. The highest BCUT2D eigenvalue weighted by atomic mass is 79.9. The molecule has 0 aliphatic carbocycles. The highest BCUT2D eigenvalue weighted by Gasteiger charge is 2.10. The number of benzene rings is 2. The van der Waals surface area contributed by atoms with Crippen molar-refractivity contribution in [2.75, 3.05) is 0 Å². The van der Waals surface area contributed by atoms with Gasteiger partial charge in [0.15, 0.2) is 0 Å². The number of nitriles is 1. The fourth-order valence-corrected chi connectivity index (χ4v) is 2.31. The molecule has 0 aliphatic rings. The third kappa shape index (κ3) is 2.66. The van der Waals surface area contributed by atoms with Gasteiger partial charge >= 0.3 is 0 Å². The Hall–Kier alpha value is -1.50. The van der Waals surface area contributed by atoms with Crippen molar-refractivity contribution in [2.24, 2.45) is 0 Å². The van der Waals surface area contributed by atoms with E-state index in [1.807, 2.05) is 19.1 Å². The summed E-state index contributed by atoms with van der Waals surface area (Å²) in [5, 5.41) is 9.70. The van der Waals surface area contributed by atoms with Gasteiger partial charge in [0.05, 0.1) is 10.0 Å². The third-order valence-corrected chi connectivity index (χ3v) is 3.29. The summed E-state index contributed by atoms with van der Waals surface area (Å²) in [4.78, 5) is 0. The Labute approximate surface area is 119 Å². The Bertz CT molecular complexity index is 634. The average Bonchev–Trinajstić information content (AvgIpc) is 2.34. The molecule has 0 aromatic heterocycles. The highest BCUT2D eigenvalue weighted by Crippen LogP contribution is 2.34. The molecule has 0 unspecified atom stereocenters. The summed E-state index contributed by atoms with van der Waals surface area (Å²) in [6.45, 7) is 1.90. The maximum absolute atomic E-state index is 9.07. The smallest absolute Gasteiger partial charge is 0.148 e. The number of halogens is 2. The van der Waals surface area contributed by atoms with Gasteiger partial charge in [-0.2, -0.15) is 5.26 Å². The van der Waals surface area contributed by atoms with E-state index in [0.717, 1.165) is 10.0 Å². The van der Waals surface area contributed by atoms with Crippen LogP contribution in [0.2, 0.25) is 5.02 Å².